The van der Waals surface area contributed by atoms with Crippen molar-refractivity contribution < 1.29 is 17.2 Å². The van der Waals surface area contributed by atoms with Crippen molar-refractivity contribution in [1.29, 1.82) is 0 Å². The van der Waals surface area contributed by atoms with Gasteiger partial charge >= 0.3 is 0 Å². The molecule has 0 N–H and O–H groups in total. The van der Waals surface area contributed by atoms with Crippen LogP contribution in [0.2, 0.25) is 0 Å². The minimum atomic E-state index is -3.42. The van der Waals surface area contributed by atoms with Crippen molar-refractivity contribution >= 4 is 25.8 Å². The zero-order valence-corrected chi connectivity index (χ0v) is 9.52. The van der Waals surface area contributed by atoms with Crippen LogP contribution in [0.25, 0.3) is 0 Å². The first-order valence-corrected chi connectivity index (χ1v) is 6.20. The maximum atomic E-state index is 12.0. The average Bonchev–Trinajstić information content (AvgIpc) is 2.30. The van der Waals surface area contributed by atoms with Crippen molar-refractivity contribution in [2.24, 2.45) is 0 Å². The topological polar surface area (TPSA) is 52.0 Å². The number of alkyl halides is 2. The summed E-state index contributed by atoms with van der Waals surface area (Å²) in [4.78, 5) is -0.0850. The Balaban J connectivity index is 3.09. The van der Waals surface area contributed by atoms with Crippen LogP contribution in [0, 0.1) is 0 Å². The molecule has 14 heavy (non-hydrogen) atoms. The number of hydrogen-bond acceptors (Lipinski definition) is 3. The summed E-state index contributed by atoms with van der Waals surface area (Å²) in [5.41, 5.74) is 0. The van der Waals surface area contributed by atoms with E-state index in [1.807, 2.05) is 0 Å². The first-order valence-electron chi connectivity index (χ1n) is 3.52. The molecule has 0 atom stereocenters. The van der Waals surface area contributed by atoms with Crippen LogP contribution in [0.3, 0.4) is 0 Å². The Morgan fingerprint density at radius 3 is 2.57 bits per heavy atom. The largest absolute Gasteiger partial charge is 0.257 e. The second-order valence-corrected chi connectivity index (χ2v) is 5.38. The van der Waals surface area contributed by atoms with Crippen molar-refractivity contribution in [1.82, 2.24) is 9.78 Å². The van der Waals surface area contributed by atoms with E-state index in [9.17, 15) is 17.2 Å². The van der Waals surface area contributed by atoms with E-state index < -0.39 is 22.8 Å². The molecule has 0 fully saturated rings. The van der Waals surface area contributed by atoms with Gasteiger partial charge in [-0.05, 0) is 15.9 Å². The molecule has 0 spiro atoms. The van der Waals surface area contributed by atoms with E-state index in [2.05, 4.69) is 21.0 Å². The predicted octanol–water partition coefficient (Wildman–Crippen LogP) is 1.31. The number of rotatable bonds is 3. The minimum absolute atomic E-state index is 0.0558. The summed E-state index contributed by atoms with van der Waals surface area (Å²) in [6.45, 7) is -0.629. The van der Waals surface area contributed by atoms with Gasteiger partial charge in [0.2, 0.25) is 0 Å². The Kier molecular flexibility index (Phi) is 3.25. The van der Waals surface area contributed by atoms with Gasteiger partial charge in [0.15, 0.2) is 9.84 Å². The highest BCUT2D eigenvalue weighted by Gasteiger charge is 2.18. The Morgan fingerprint density at radius 2 is 2.21 bits per heavy atom. The molecule has 1 aromatic heterocycles. The monoisotopic (exact) mass is 288 g/mol. The molecule has 0 radical (unpaired) electrons. The molecule has 0 aliphatic carbocycles. The smallest absolute Gasteiger partial charge is 0.251 e. The molecule has 1 heterocycles. The summed E-state index contributed by atoms with van der Waals surface area (Å²) in [5, 5.41) is 3.53. The maximum Gasteiger partial charge on any atom is 0.257 e. The van der Waals surface area contributed by atoms with Crippen LogP contribution < -0.4 is 0 Å². The van der Waals surface area contributed by atoms with E-state index in [-0.39, 0.29) is 9.50 Å². The summed E-state index contributed by atoms with van der Waals surface area (Å²) in [6, 6.07) is 0. The SMILES string of the molecule is CS(=O)(=O)c1cnn(CC(F)F)c1Br. The van der Waals surface area contributed by atoms with Gasteiger partial charge in [-0.3, -0.25) is 4.68 Å². The number of hydrogen-bond donors (Lipinski definition) is 0. The van der Waals surface area contributed by atoms with Crippen LogP contribution in [-0.2, 0) is 16.4 Å². The fourth-order valence-electron chi connectivity index (χ4n) is 0.860. The van der Waals surface area contributed by atoms with E-state index in [1.54, 1.807) is 0 Å². The average molecular weight is 289 g/mol. The van der Waals surface area contributed by atoms with E-state index >= 15 is 0 Å². The van der Waals surface area contributed by atoms with Gasteiger partial charge in [0.05, 0.1) is 6.20 Å². The summed E-state index contributed by atoms with van der Waals surface area (Å²) in [7, 11) is -3.42. The van der Waals surface area contributed by atoms with Crippen molar-refractivity contribution in [3.05, 3.63) is 10.8 Å². The molecule has 0 aliphatic heterocycles. The highest BCUT2D eigenvalue weighted by molar-refractivity contribution is 9.10. The van der Waals surface area contributed by atoms with Crippen molar-refractivity contribution in [2.45, 2.75) is 17.9 Å². The van der Waals surface area contributed by atoms with Crippen molar-refractivity contribution in [2.75, 3.05) is 6.26 Å². The summed E-state index contributed by atoms with van der Waals surface area (Å²) < 4.78 is 47.1. The molecule has 0 saturated heterocycles. The summed E-state index contributed by atoms with van der Waals surface area (Å²) in [5.74, 6) is 0. The molecule has 4 nitrogen and oxygen atoms in total. The van der Waals surface area contributed by atoms with Crippen LogP contribution in [0.15, 0.2) is 15.7 Å². The molecule has 0 saturated carbocycles. The molecule has 0 amide bonds. The van der Waals surface area contributed by atoms with Gasteiger partial charge in [-0.2, -0.15) is 5.10 Å². The van der Waals surface area contributed by atoms with Gasteiger partial charge < -0.3 is 0 Å². The lowest BCUT2D eigenvalue weighted by atomic mass is 10.6. The molecule has 0 bridgehead atoms. The Hall–Kier alpha value is -0.500. The first kappa shape index (κ1) is 11.6. The maximum absolute atomic E-state index is 12.0. The van der Waals surface area contributed by atoms with Gasteiger partial charge in [0.25, 0.3) is 6.43 Å². The third kappa shape index (κ3) is 2.50. The lowest BCUT2D eigenvalue weighted by molar-refractivity contribution is 0.121. The first-order chi connectivity index (χ1) is 6.32. The van der Waals surface area contributed by atoms with E-state index in [1.165, 1.54) is 0 Å². The Bertz CT molecular complexity index is 429. The molecule has 0 aromatic carbocycles. The van der Waals surface area contributed by atoms with Gasteiger partial charge in [0, 0.05) is 6.26 Å². The Morgan fingerprint density at radius 1 is 1.64 bits per heavy atom. The minimum Gasteiger partial charge on any atom is -0.251 e. The van der Waals surface area contributed by atoms with E-state index in [4.69, 9.17) is 0 Å². The second-order valence-electron chi connectivity index (χ2n) is 2.64. The van der Waals surface area contributed by atoms with Crippen LogP contribution in [0.4, 0.5) is 8.78 Å². The fraction of sp³-hybridized carbons (Fsp3) is 0.500. The number of aromatic nitrogens is 2. The van der Waals surface area contributed by atoms with E-state index in [0.29, 0.717) is 0 Å². The number of sulfone groups is 1. The predicted molar refractivity (Wildman–Crippen MR) is 49.0 cm³/mol. The van der Waals surface area contributed by atoms with Crippen LogP contribution >= 0.6 is 15.9 Å². The standard InChI is InChI=1S/C6H7BrF2N2O2S/c1-14(12,13)4-2-10-11(6(4)7)3-5(8)9/h2,5H,3H2,1H3. The molecule has 1 rings (SSSR count). The highest BCUT2D eigenvalue weighted by atomic mass is 79.9. The molecular weight excluding hydrogens is 282 g/mol. The second kappa shape index (κ2) is 3.93. The Labute approximate surface area is 88.0 Å². The molecular formula is C6H7BrF2N2O2S. The number of halogens is 3. The van der Waals surface area contributed by atoms with Gasteiger partial charge in [-0.1, -0.05) is 0 Å². The molecule has 8 heteroatoms. The van der Waals surface area contributed by atoms with Crippen LogP contribution in [0.1, 0.15) is 0 Å². The fourth-order valence-corrected chi connectivity index (χ4v) is 2.73. The van der Waals surface area contributed by atoms with Gasteiger partial charge in [0.1, 0.15) is 16.0 Å². The third-order valence-corrected chi connectivity index (χ3v) is 3.65. The third-order valence-electron chi connectivity index (χ3n) is 1.45. The molecule has 0 aliphatic rings. The molecule has 1 aromatic rings. The molecule has 80 valence electrons. The van der Waals surface area contributed by atoms with Crippen molar-refractivity contribution in [3.8, 4) is 0 Å². The lowest BCUT2D eigenvalue weighted by Crippen LogP contribution is -2.08. The normalized spacial score (nSPS) is 12.4. The van der Waals surface area contributed by atoms with Crippen molar-refractivity contribution in [3.63, 3.8) is 0 Å². The highest BCUT2D eigenvalue weighted by Crippen LogP contribution is 2.21. The van der Waals surface area contributed by atoms with Gasteiger partial charge in [-0.15, -0.1) is 0 Å². The quantitative estimate of drug-likeness (QED) is 0.843. The zero-order valence-electron chi connectivity index (χ0n) is 7.11. The van der Waals surface area contributed by atoms with Crippen LogP contribution in [-0.4, -0.2) is 30.9 Å². The zero-order chi connectivity index (χ0) is 10.9. The lowest BCUT2D eigenvalue weighted by Gasteiger charge is -2.01. The van der Waals surface area contributed by atoms with Gasteiger partial charge in [-0.25, -0.2) is 17.2 Å². The summed E-state index contributed by atoms with van der Waals surface area (Å²) in [6.07, 6.45) is -0.540. The molecule has 0 unspecified atom stereocenters. The van der Waals surface area contributed by atoms with E-state index in [0.717, 1.165) is 17.1 Å². The van der Waals surface area contributed by atoms with Crippen LogP contribution in [0.5, 0.6) is 0 Å². The summed E-state index contributed by atoms with van der Waals surface area (Å²) >= 11 is 2.90. The number of nitrogens with zero attached hydrogens (tertiary/aromatic N) is 2.